The number of rotatable bonds is 9. The van der Waals surface area contributed by atoms with Gasteiger partial charge in [0.25, 0.3) is 5.78 Å². The lowest BCUT2D eigenvalue weighted by Crippen LogP contribution is -2.29. The summed E-state index contributed by atoms with van der Waals surface area (Å²) in [6, 6.07) is 15.7. The predicted molar refractivity (Wildman–Crippen MR) is 167 cm³/mol. The van der Waals surface area contributed by atoms with Gasteiger partial charge in [0.05, 0.1) is 40.7 Å². The van der Waals surface area contributed by atoms with Crippen LogP contribution in [-0.2, 0) is 9.59 Å². The standard InChI is InChI=1S/C33H32N4O5S/c1-5-7-16-42-23-14-12-21(18-24(23)41-6-2)29-27(30(38)28-20(4)34-26-10-8-9-15-36(26)28)31(39)32(40)37(29)33-35-22-13-11-19(3)17-25(22)43-33/h8-15,17-18,29,38H,5-7,16H2,1-4H3. The SMILES string of the molecule is CCCCOc1ccc(C2C(=C(O)c3c(C)nc4ccccn34)C(=O)C(=O)N2c2nc3ccc(C)cc3s2)cc1OCC. The molecule has 0 bridgehead atoms. The summed E-state index contributed by atoms with van der Waals surface area (Å²) in [5, 5.41) is 12.2. The van der Waals surface area contributed by atoms with Gasteiger partial charge in [0.15, 0.2) is 22.4 Å². The Bertz CT molecular complexity index is 1910. The summed E-state index contributed by atoms with van der Waals surface area (Å²) in [7, 11) is 0. The molecule has 2 aromatic carbocycles. The zero-order valence-electron chi connectivity index (χ0n) is 24.5. The first-order chi connectivity index (χ1) is 20.8. The summed E-state index contributed by atoms with van der Waals surface area (Å²) in [4.78, 5) is 38.4. The molecule has 0 spiro atoms. The Morgan fingerprint density at radius 1 is 1.00 bits per heavy atom. The van der Waals surface area contributed by atoms with Crippen molar-refractivity contribution in [1.29, 1.82) is 0 Å². The number of carbonyl (C=O) groups excluding carboxylic acids is 2. The highest BCUT2D eigenvalue weighted by atomic mass is 32.1. The first-order valence-electron chi connectivity index (χ1n) is 14.3. The van der Waals surface area contributed by atoms with E-state index in [-0.39, 0.29) is 11.3 Å². The molecule has 1 unspecified atom stereocenters. The number of pyridine rings is 1. The van der Waals surface area contributed by atoms with E-state index in [0.717, 1.165) is 28.6 Å². The van der Waals surface area contributed by atoms with Crippen molar-refractivity contribution in [3.05, 3.63) is 88.9 Å². The molecule has 4 heterocycles. The molecule has 1 atom stereocenters. The van der Waals surface area contributed by atoms with Crippen LogP contribution in [0.5, 0.6) is 11.5 Å². The molecule has 1 aliphatic rings. The van der Waals surface area contributed by atoms with Crippen molar-refractivity contribution < 1.29 is 24.2 Å². The van der Waals surface area contributed by atoms with Crippen LogP contribution in [-0.4, -0.2) is 44.4 Å². The number of hydrogen-bond acceptors (Lipinski definition) is 8. The number of anilines is 1. The lowest BCUT2D eigenvalue weighted by atomic mass is 9.96. The third-order valence-electron chi connectivity index (χ3n) is 7.45. The number of carbonyl (C=O) groups is 2. The van der Waals surface area contributed by atoms with Crippen LogP contribution in [0.1, 0.15) is 55.2 Å². The third-order valence-corrected chi connectivity index (χ3v) is 8.47. The van der Waals surface area contributed by atoms with Crippen molar-refractivity contribution in [2.24, 2.45) is 0 Å². The molecular weight excluding hydrogens is 564 g/mol. The number of amides is 1. The number of unbranched alkanes of at least 4 members (excludes halogenated alkanes) is 1. The highest BCUT2D eigenvalue weighted by Gasteiger charge is 2.49. The lowest BCUT2D eigenvalue weighted by Gasteiger charge is -2.24. The van der Waals surface area contributed by atoms with Crippen LogP contribution in [0.25, 0.3) is 21.6 Å². The molecule has 1 aliphatic heterocycles. The molecule has 1 amide bonds. The maximum absolute atomic E-state index is 13.9. The first-order valence-corrected chi connectivity index (χ1v) is 15.2. The van der Waals surface area contributed by atoms with E-state index in [1.54, 1.807) is 35.7 Å². The number of aryl methyl sites for hydroxylation is 2. The van der Waals surface area contributed by atoms with Crippen LogP contribution in [0.2, 0.25) is 0 Å². The van der Waals surface area contributed by atoms with Crippen LogP contribution in [0, 0.1) is 13.8 Å². The quantitative estimate of drug-likeness (QED) is 0.0867. The Morgan fingerprint density at radius 2 is 1.84 bits per heavy atom. The fourth-order valence-electron chi connectivity index (χ4n) is 5.40. The van der Waals surface area contributed by atoms with Crippen molar-refractivity contribution in [3.63, 3.8) is 0 Å². The first kappa shape index (κ1) is 28.4. The minimum Gasteiger partial charge on any atom is -0.505 e. The molecule has 9 nitrogen and oxygen atoms in total. The van der Waals surface area contributed by atoms with E-state index in [2.05, 4.69) is 11.9 Å². The van der Waals surface area contributed by atoms with Crippen LogP contribution in [0.4, 0.5) is 5.13 Å². The highest BCUT2D eigenvalue weighted by molar-refractivity contribution is 7.22. The normalized spacial score (nSPS) is 16.5. The fraction of sp³-hybridized carbons (Fsp3) is 0.273. The average Bonchev–Trinajstić information content (AvgIpc) is 3.64. The summed E-state index contributed by atoms with van der Waals surface area (Å²) in [5.41, 5.74) is 3.80. The van der Waals surface area contributed by atoms with E-state index in [4.69, 9.17) is 14.5 Å². The second-order valence-corrected chi connectivity index (χ2v) is 11.5. The van der Waals surface area contributed by atoms with Crippen LogP contribution in [0.15, 0.2) is 66.4 Å². The summed E-state index contributed by atoms with van der Waals surface area (Å²) >= 11 is 1.33. The summed E-state index contributed by atoms with van der Waals surface area (Å²) < 4.78 is 14.5. The van der Waals surface area contributed by atoms with Crippen molar-refractivity contribution >= 4 is 49.8 Å². The Balaban J connectivity index is 1.57. The number of Topliss-reactive ketones (excluding diaryl/α,β-unsaturated/α-hetero) is 1. The zero-order chi connectivity index (χ0) is 30.2. The van der Waals surface area contributed by atoms with Gasteiger partial charge in [-0.15, -0.1) is 0 Å². The number of hydrogen-bond donors (Lipinski definition) is 1. The van der Waals surface area contributed by atoms with Crippen molar-refractivity contribution in [1.82, 2.24) is 14.4 Å². The molecule has 1 N–H and O–H groups in total. The molecule has 1 fully saturated rings. The van der Waals surface area contributed by atoms with Crippen molar-refractivity contribution in [2.75, 3.05) is 18.1 Å². The van der Waals surface area contributed by atoms with E-state index in [0.29, 0.717) is 52.4 Å². The summed E-state index contributed by atoms with van der Waals surface area (Å²) in [6.45, 7) is 8.65. The third kappa shape index (κ3) is 5.01. The minimum absolute atomic E-state index is 0.0451. The Labute approximate surface area is 253 Å². The predicted octanol–water partition coefficient (Wildman–Crippen LogP) is 6.76. The van der Waals surface area contributed by atoms with Gasteiger partial charge in [-0.3, -0.25) is 18.9 Å². The number of aromatic nitrogens is 3. The van der Waals surface area contributed by atoms with Crippen LogP contribution in [0.3, 0.4) is 0 Å². The molecule has 0 saturated carbocycles. The number of imidazole rings is 1. The van der Waals surface area contributed by atoms with Gasteiger partial charge in [0.2, 0.25) is 0 Å². The fourth-order valence-corrected chi connectivity index (χ4v) is 6.49. The lowest BCUT2D eigenvalue weighted by molar-refractivity contribution is -0.132. The number of aliphatic hydroxyl groups excluding tert-OH is 1. The highest BCUT2D eigenvalue weighted by Crippen LogP contribution is 2.46. The van der Waals surface area contributed by atoms with Gasteiger partial charge in [0.1, 0.15) is 11.3 Å². The van der Waals surface area contributed by atoms with Crippen LogP contribution >= 0.6 is 11.3 Å². The number of nitrogens with zero attached hydrogens (tertiary/aromatic N) is 4. The molecule has 1 saturated heterocycles. The number of ether oxygens (including phenoxy) is 2. The van der Waals surface area contributed by atoms with E-state index in [9.17, 15) is 14.7 Å². The van der Waals surface area contributed by atoms with Crippen LogP contribution < -0.4 is 14.4 Å². The largest absolute Gasteiger partial charge is 0.505 e. The molecule has 43 heavy (non-hydrogen) atoms. The van der Waals surface area contributed by atoms with Gasteiger partial charge in [-0.05, 0) is 74.7 Å². The Kier molecular flexibility index (Phi) is 7.62. The molecule has 5 aromatic rings. The molecular formula is C33H32N4O5S. The van der Waals surface area contributed by atoms with Gasteiger partial charge in [-0.25, -0.2) is 9.97 Å². The van der Waals surface area contributed by atoms with E-state index in [1.807, 2.05) is 50.2 Å². The van der Waals surface area contributed by atoms with E-state index < -0.39 is 17.7 Å². The Hall–Kier alpha value is -4.70. The maximum atomic E-state index is 13.9. The van der Waals surface area contributed by atoms with Gasteiger partial charge >= 0.3 is 5.91 Å². The topological polar surface area (TPSA) is 106 Å². The molecule has 0 aliphatic carbocycles. The number of thiazole rings is 1. The number of fused-ring (bicyclic) bond motifs is 2. The van der Waals surface area contributed by atoms with Gasteiger partial charge in [-0.1, -0.05) is 42.9 Å². The molecule has 220 valence electrons. The molecule has 6 rings (SSSR count). The number of benzene rings is 2. The molecule has 0 radical (unpaired) electrons. The maximum Gasteiger partial charge on any atom is 0.301 e. The van der Waals surface area contributed by atoms with Gasteiger partial charge in [0, 0.05) is 6.20 Å². The molecule has 10 heteroatoms. The number of ketones is 1. The smallest absolute Gasteiger partial charge is 0.301 e. The monoisotopic (exact) mass is 596 g/mol. The minimum atomic E-state index is -0.973. The van der Waals surface area contributed by atoms with Gasteiger partial charge < -0.3 is 14.6 Å². The second-order valence-electron chi connectivity index (χ2n) is 10.5. The zero-order valence-corrected chi connectivity index (χ0v) is 25.3. The molecule has 3 aromatic heterocycles. The second kappa shape index (κ2) is 11.5. The van der Waals surface area contributed by atoms with Crippen molar-refractivity contribution in [3.8, 4) is 11.5 Å². The van der Waals surface area contributed by atoms with Gasteiger partial charge in [-0.2, -0.15) is 0 Å². The Morgan fingerprint density at radius 3 is 2.63 bits per heavy atom. The number of aliphatic hydroxyl groups is 1. The average molecular weight is 597 g/mol. The van der Waals surface area contributed by atoms with E-state index in [1.165, 1.54) is 16.2 Å². The summed E-state index contributed by atoms with van der Waals surface area (Å²) in [6.07, 6.45) is 3.64. The summed E-state index contributed by atoms with van der Waals surface area (Å²) in [5.74, 6) is -0.809. The van der Waals surface area contributed by atoms with Crippen molar-refractivity contribution in [2.45, 2.75) is 46.6 Å². The van der Waals surface area contributed by atoms with E-state index >= 15 is 0 Å².